The van der Waals surface area contributed by atoms with Crippen LogP contribution in [0.1, 0.15) is 20.7 Å². The molecule has 0 N–H and O–H groups in total. The van der Waals surface area contributed by atoms with E-state index in [2.05, 4.69) is 0 Å². The van der Waals surface area contributed by atoms with E-state index in [1.165, 1.54) is 6.20 Å². The molecule has 0 radical (unpaired) electrons. The van der Waals surface area contributed by atoms with Crippen molar-refractivity contribution in [2.75, 3.05) is 0 Å². The zero-order chi connectivity index (χ0) is 10.8. The number of hydrogen-bond acceptors (Lipinski definition) is 3. The van der Waals surface area contributed by atoms with Gasteiger partial charge in [0.25, 0.3) is 11.8 Å². The van der Waals surface area contributed by atoms with Gasteiger partial charge >= 0.3 is 0 Å². The molecule has 4 nitrogen and oxygen atoms in total. The van der Waals surface area contributed by atoms with Gasteiger partial charge in [-0.15, -0.1) is 0 Å². The zero-order valence-electron chi connectivity index (χ0n) is 7.68. The number of fused-ring (bicyclic) bond motifs is 1. The molecule has 72 valence electrons. The van der Waals surface area contributed by atoms with Gasteiger partial charge in [-0.25, -0.2) is 4.90 Å². The highest BCUT2D eigenvalue weighted by Crippen LogP contribution is 2.22. The second-order valence-corrected chi connectivity index (χ2v) is 2.97. The van der Waals surface area contributed by atoms with Crippen LogP contribution in [-0.4, -0.2) is 16.7 Å². The normalized spacial score (nSPS) is 14.5. The minimum Gasteiger partial charge on any atom is -0.268 e. The van der Waals surface area contributed by atoms with Crippen LogP contribution in [0.3, 0.4) is 0 Å². The van der Waals surface area contributed by atoms with E-state index in [-0.39, 0.29) is 11.8 Å². The number of nitriles is 1. The van der Waals surface area contributed by atoms with E-state index in [1.54, 1.807) is 30.3 Å². The molecular formula is C11H6N2O2. The van der Waals surface area contributed by atoms with E-state index in [1.807, 2.05) is 0 Å². The lowest BCUT2D eigenvalue weighted by molar-refractivity contribution is 0.0721. The molecule has 0 bridgehead atoms. The zero-order valence-corrected chi connectivity index (χ0v) is 7.68. The van der Waals surface area contributed by atoms with Gasteiger partial charge in [-0.05, 0) is 12.1 Å². The summed E-state index contributed by atoms with van der Waals surface area (Å²) in [6.45, 7) is 0. The van der Waals surface area contributed by atoms with Gasteiger partial charge in [0.05, 0.1) is 17.2 Å². The van der Waals surface area contributed by atoms with E-state index in [4.69, 9.17) is 5.26 Å². The second kappa shape index (κ2) is 3.39. The van der Waals surface area contributed by atoms with E-state index in [0.29, 0.717) is 11.1 Å². The van der Waals surface area contributed by atoms with Crippen molar-refractivity contribution >= 4 is 11.8 Å². The van der Waals surface area contributed by atoms with Crippen LogP contribution in [0.4, 0.5) is 0 Å². The van der Waals surface area contributed by atoms with Crippen molar-refractivity contribution < 1.29 is 9.59 Å². The summed E-state index contributed by atoms with van der Waals surface area (Å²) in [7, 11) is 0. The van der Waals surface area contributed by atoms with Gasteiger partial charge in [0.2, 0.25) is 0 Å². The average Bonchev–Trinajstić information content (AvgIpc) is 2.51. The number of hydrogen-bond donors (Lipinski definition) is 0. The van der Waals surface area contributed by atoms with E-state index in [9.17, 15) is 9.59 Å². The molecule has 0 aromatic heterocycles. The minimum atomic E-state index is -0.387. The highest BCUT2D eigenvalue weighted by molar-refractivity contribution is 6.22. The molecule has 15 heavy (non-hydrogen) atoms. The van der Waals surface area contributed by atoms with Gasteiger partial charge in [-0.2, -0.15) is 5.26 Å². The number of rotatable bonds is 1. The number of allylic oxidation sites excluding steroid dienone is 1. The van der Waals surface area contributed by atoms with Crippen molar-refractivity contribution in [3.05, 3.63) is 47.7 Å². The van der Waals surface area contributed by atoms with Crippen LogP contribution in [0.25, 0.3) is 0 Å². The molecule has 4 heteroatoms. The Morgan fingerprint density at radius 2 is 1.67 bits per heavy atom. The molecule has 1 heterocycles. The standard InChI is InChI=1S/C11H6N2O2/c12-6-3-7-13-10(14)8-4-1-2-5-9(8)11(13)15/h1-5,7H/b7-3+. The molecule has 1 aliphatic heterocycles. The molecule has 1 aromatic rings. The predicted octanol–water partition coefficient (Wildman–Crippen LogP) is 1.32. The summed E-state index contributed by atoms with van der Waals surface area (Å²) in [5, 5.41) is 8.33. The van der Waals surface area contributed by atoms with Gasteiger partial charge in [-0.1, -0.05) is 12.1 Å². The first-order valence-electron chi connectivity index (χ1n) is 4.29. The topological polar surface area (TPSA) is 61.2 Å². The van der Waals surface area contributed by atoms with Crippen molar-refractivity contribution in [3.8, 4) is 6.07 Å². The molecule has 2 rings (SSSR count). The summed E-state index contributed by atoms with van der Waals surface area (Å²) < 4.78 is 0. The molecule has 0 saturated carbocycles. The number of nitrogens with zero attached hydrogens (tertiary/aromatic N) is 2. The Kier molecular flexibility index (Phi) is 2.07. The van der Waals surface area contributed by atoms with Gasteiger partial charge < -0.3 is 0 Å². The molecule has 0 saturated heterocycles. The van der Waals surface area contributed by atoms with Crippen molar-refractivity contribution in [2.24, 2.45) is 0 Å². The Hall–Kier alpha value is -2.41. The smallest absolute Gasteiger partial charge is 0.265 e. The lowest BCUT2D eigenvalue weighted by Crippen LogP contribution is -2.23. The number of amides is 2. The Bertz CT molecular complexity index is 477. The molecule has 0 aliphatic carbocycles. The SMILES string of the molecule is N#C/C=C/N1C(=O)c2ccccc2C1=O. The van der Waals surface area contributed by atoms with Gasteiger partial charge in [0, 0.05) is 12.3 Å². The summed E-state index contributed by atoms with van der Waals surface area (Å²) in [5.41, 5.74) is 0.759. The number of imide groups is 1. The summed E-state index contributed by atoms with van der Waals surface area (Å²) in [6.07, 6.45) is 2.28. The lowest BCUT2D eigenvalue weighted by atomic mass is 10.1. The van der Waals surface area contributed by atoms with Gasteiger partial charge in [0.1, 0.15) is 0 Å². The molecule has 1 aromatic carbocycles. The molecule has 0 fully saturated rings. The minimum absolute atomic E-state index is 0.380. The van der Waals surface area contributed by atoms with Crippen molar-refractivity contribution in [3.63, 3.8) is 0 Å². The molecular weight excluding hydrogens is 192 g/mol. The Morgan fingerprint density at radius 3 is 2.13 bits per heavy atom. The van der Waals surface area contributed by atoms with Crippen LogP contribution in [-0.2, 0) is 0 Å². The number of carbonyl (C=O) groups excluding carboxylic acids is 2. The lowest BCUT2D eigenvalue weighted by Gasteiger charge is -2.04. The van der Waals surface area contributed by atoms with Gasteiger partial charge in [-0.3, -0.25) is 9.59 Å². The summed E-state index contributed by atoms with van der Waals surface area (Å²) in [5.74, 6) is -0.774. The monoisotopic (exact) mass is 198 g/mol. The highest BCUT2D eigenvalue weighted by atomic mass is 16.2. The van der Waals surface area contributed by atoms with Crippen molar-refractivity contribution in [2.45, 2.75) is 0 Å². The first-order chi connectivity index (χ1) is 7.25. The molecule has 0 unspecified atom stereocenters. The fraction of sp³-hybridized carbons (Fsp3) is 0. The molecule has 2 amide bonds. The fourth-order valence-electron chi connectivity index (χ4n) is 1.45. The third-order valence-electron chi connectivity index (χ3n) is 2.12. The van der Waals surface area contributed by atoms with Crippen LogP contribution in [0.2, 0.25) is 0 Å². The Morgan fingerprint density at radius 1 is 1.13 bits per heavy atom. The largest absolute Gasteiger partial charge is 0.268 e. The third-order valence-corrected chi connectivity index (χ3v) is 2.12. The van der Waals surface area contributed by atoms with Crippen molar-refractivity contribution in [1.29, 1.82) is 5.26 Å². The maximum Gasteiger partial charge on any atom is 0.265 e. The first kappa shape index (κ1) is 9.16. The average molecular weight is 198 g/mol. The van der Waals surface area contributed by atoms with Crippen LogP contribution in [0.15, 0.2) is 36.5 Å². The van der Waals surface area contributed by atoms with E-state index in [0.717, 1.165) is 11.0 Å². The summed E-state index contributed by atoms with van der Waals surface area (Å²) in [6, 6.07) is 8.31. The molecule has 1 aliphatic rings. The molecule has 0 atom stereocenters. The summed E-state index contributed by atoms with van der Waals surface area (Å²) >= 11 is 0. The maximum atomic E-state index is 11.7. The third kappa shape index (κ3) is 1.30. The first-order valence-corrected chi connectivity index (χ1v) is 4.29. The molecule has 0 spiro atoms. The van der Waals surface area contributed by atoms with Crippen LogP contribution >= 0.6 is 0 Å². The Labute approximate surface area is 86.0 Å². The number of benzene rings is 1. The van der Waals surface area contributed by atoms with Crippen LogP contribution in [0.5, 0.6) is 0 Å². The fourth-order valence-corrected chi connectivity index (χ4v) is 1.45. The van der Waals surface area contributed by atoms with Crippen molar-refractivity contribution in [1.82, 2.24) is 4.90 Å². The highest BCUT2D eigenvalue weighted by Gasteiger charge is 2.33. The maximum absolute atomic E-state index is 11.7. The van der Waals surface area contributed by atoms with E-state index >= 15 is 0 Å². The quantitative estimate of drug-likeness (QED) is 0.505. The number of carbonyl (C=O) groups is 2. The van der Waals surface area contributed by atoms with Crippen LogP contribution < -0.4 is 0 Å². The van der Waals surface area contributed by atoms with E-state index < -0.39 is 0 Å². The second-order valence-electron chi connectivity index (χ2n) is 2.97. The predicted molar refractivity (Wildman–Crippen MR) is 51.7 cm³/mol. The van der Waals surface area contributed by atoms with Gasteiger partial charge in [0.15, 0.2) is 0 Å². The Balaban J connectivity index is 2.47. The summed E-state index contributed by atoms with van der Waals surface area (Å²) in [4.78, 5) is 24.3. The van der Waals surface area contributed by atoms with Crippen LogP contribution in [0, 0.1) is 11.3 Å².